The smallest absolute Gasteiger partial charge is 0.242 e. The number of nitrogens with zero attached hydrogens (tertiary/aromatic N) is 2. The van der Waals surface area contributed by atoms with Gasteiger partial charge in [-0.15, -0.1) is 0 Å². The van der Waals surface area contributed by atoms with Gasteiger partial charge in [-0.3, -0.25) is 14.5 Å². The van der Waals surface area contributed by atoms with Crippen molar-refractivity contribution in [2.75, 3.05) is 23.9 Å². The number of hydrogen-bond acceptors (Lipinski definition) is 5. The molecule has 2 aromatic rings. The maximum atomic E-state index is 13.1. The van der Waals surface area contributed by atoms with E-state index in [0.29, 0.717) is 35.2 Å². The fraction of sp³-hybridized carbons (Fsp3) is 0.409. The Labute approximate surface area is 182 Å². The first-order valence-electron chi connectivity index (χ1n) is 9.97. The largest absolute Gasteiger partial charge is 0.476 e. The van der Waals surface area contributed by atoms with Gasteiger partial charge in [-0.2, -0.15) is 4.98 Å². The van der Waals surface area contributed by atoms with Crippen molar-refractivity contribution in [1.29, 1.82) is 0 Å². The number of amides is 2. The van der Waals surface area contributed by atoms with Gasteiger partial charge in [0.05, 0.1) is 18.3 Å². The van der Waals surface area contributed by atoms with Gasteiger partial charge < -0.3 is 15.4 Å². The number of rotatable bonds is 9. The molecule has 2 N–H and O–H groups in total. The fourth-order valence-electron chi connectivity index (χ4n) is 2.75. The monoisotopic (exact) mass is 432 g/mol. The van der Waals surface area contributed by atoms with Gasteiger partial charge in [-0.1, -0.05) is 31.5 Å². The van der Waals surface area contributed by atoms with Crippen molar-refractivity contribution in [3.8, 4) is 5.88 Å². The van der Waals surface area contributed by atoms with Crippen LogP contribution >= 0.6 is 11.6 Å². The Bertz CT molecular complexity index is 888. The lowest BCUT2D eigenvalue weighted by Crippen LogP contribution is -2.35. The first kappa shape index (κ1) is 23.6. The van der Waals surface area contributed by atoms with E-state index in [2.05, 4.69) is 15.6 Å². The van der Waals surface area contributed by atoms with Gasteiger partial charge in [0.25, 0.3) is 0 Å². The van der Waals surface area contributed by atoms with E-state index in [4.69, 9.17) is 16.3 Å². The lowest BCUT2D eigenvalue weighted by molar-refractivity contribution is -0.119. The molecule has 2 amide bonds. The Kier molecular flexibility index (Phi) is 8.62. The molecule has 0 saturated carbocycles. The summed E-state index contributed by atoms with van der Waals surface area (Å²) in [5, 5.41) is 6.15. The third-order valence-electron chi connectivity index (χ3n) is 4.34. The minimum atomic E-state index is -0.377. The molecule has 1 unspecified atom stereocenters. The molecule has 0 aliphatic rings. The molecular weight excluding hydrogens is 404 g/mol. The second-order valence-electron chi connectivity index (χ2n) is 7.26. The maximum Gasteiger partial charge on any atom is 0.242 e. The van der Waals surface area contributed by atoms with Gasteiger partial charge >= 0.3 is 0 Å². The Morgan fingerprint density at radius 1 is 1.20 bits per heavy atom. The van der Waals surface area contributed by atoms with E-state index >= 15 is 0 Å². The van der Waals surface area contributed by atoms with Crippen LogP contribution in [0.4, 0.5) is 17.2 Å². The first-order chi connectivity index (χ1) is 14.3. The van der Waals surface area contributed by atoms with Crippen molar-refractivity contribution in [3.05, 3.63) is 41.4 Å². The molecule has 1 aromatic carbocycles. The fourth-order valence-corrected chi connectivity index (χ4v) is 2.94. The van der Waals surface area contributed by atoms with Gasteiger partial charge in [0.1, 0.15) is 11.5 Å². The minimum Gasteiger partial charge on any atom is -0.476 e. The summed E-state index contributed by atoms with van der Waals surface area (Å²) < 4.78 is 5.73. The van der Waals surface area contributed by atoms with E-state index in [1.807, 2.05) is 26.8 Å². The molecule has 30 heavy (non-hydrogen) atoms. The van der Waals surface area contributed by atoms with Crippen LogP contribution < -0.4 is 20.3 Å². The molecule has 8 heteroatoms. The number of carbonyl (C=O) groups is 2. The van der Waals surface area contributed by atoms with Gasteiger partial charge in [0.15, 0.2) is 0 Å². The van der Waals surface area contributed by atoms with E-state index in [0.717, 1.165) is 0 Å². The normalized spacial score (nSPS) is 11.8. The van der Waals surface area contributed by atoms with Crippen molar-refractivity contribution in [2.24, 2.45) is 5.92 Å². The zero-order valence-corrected chi connectivity index (χ0v) is 18.8. The number of ether oxygens (including phenoxy) is 1. The second-order valence-corrected chi connectivity index (χ2v) is 7.70. The van der Waals surface area contributed by atoms with E-state index in [1.54, 1.807) is 49.2 Å². The average molecular weight is 433 g/mol. The summed E-state index contributed by atoms with van der Waals surface area (Å²) in [7, 11) is 1.70. The number of pyridine rings is 1. The molecule has 1 heterocycles. The van der Waals surface area contributed by atoms with Crippen LogP contribution in [0.5, 0.6) is 5.88 Å². The summed E-state index contributed by atoms with van der Waals surface area (Å²) >= 11 is 6.18. The lowest BCUT2D eigenvalue weighted by atomic mass is 10.1. The molecule has 1 aromatic heterocycles. The van der Waals surface area contributed by atoms with Crippen molar-refractivity contribution in [3.63, 3.8) is 0 Å². The predicted molar refractivity (Wildman–Crippen MR) is 121 cm³/mol. The zero-order valence-electron chi connectivity index (χ0n) is 18.0. The average Bonchev–Trinajstić information content (AvgIpc) is 2.68. The van der Waals surface area contributed by atoms with Crippen LogP contribution in [0.15, 0.2) is 36.4 Å². The summed E-state index contributed by atoms with van der Waals surface area (Å²) in [5.74, 6) is 0.448. The van der Waals surface area contributed by atoms with E-state index in [1.165, 1.54) is 0 Å². The van der Waals surface area contributed by atoms with E-state index < -0.39 is 0 Å². The molecule has 0 spiro atoms. The highest BCUT2D eigenvalue weighted by Gasteiger charge is 2.24. The van der Waals surface area contributed by atoms with Gasteiger partial charge in [-0.25, -0.2) is 0 Å². The van der Waals surface area contributed by atoms with E-state index in [-0.39, 0.29) is 29.7 Å². The van der Waals surface area contributed by atoms with Crippen LogP contribution in [0.25, 0.3) is 0 Å². The van der Waals surface area contributed by atoms with Crippen molar-refractivity contribution >= 4 is 40.6 Å². The molecule has 0 bridgehead atoms. The highest BCUT2D eigenvalue weighted by Crippen LogP contribution is 2.36. The van der Waals surface area contributed by atoms with Crippen LogP contribution in [-0.4, -0.2) is 36.5 Å². The standard InChI is InChI=1S/C22H29ClN4O3/c1-6-30-22-18(10-11-19(26-22)25-21(29)15(4)24-5)27(20(28)12-14(2)3)17-9-7-8-16(23)13-17/h7-11,13-15,24H,6,12H2,1-5H3,(H,25,26,29). The van der Waals surface area contributed by atoms with Crippen molar-refractivity contribution < 1.29 is 14.3 Å². The maximum absolute atomic E-state index is 13.1. The highest BCUT2D eigenvalue weighted by atomic mass is 35.5. The second kappa shape index (κ2) is 10.9. The molecule has 0 saturated heterocycles. The number of benzene rings is 1. The number of halogens is 1. The molecule has 0 radical (unpaired) electrons. The van der Waals surface area contributed by atoms with Gasteiger partial charge in [0.2, 0.25) is 17.7 Å². The van der Waals surface area contributed by atoms with Gasteiger partial charge in [-0.05, 0) is 57.1 Å². The topological polar surface area (TPSA) is 83.6 Å². The minimum absolute atomic E-state index is 0.101. The quantitative estimate of drug-likeness (QED) is 0.613. The Morgan fingerprint density at radius 3 is 2.53 bits per heavy atom. The number of anilines is 3. The third kappa shape index (κ3) is 6.18. The predicted octanol–water partition coefficient (Wildman–Crippen LogP) is 4.39. The molecular formula is C22H29ClN4O3. The Morgan fingerprint density at radius 2 is 1.93 bits per heavy atom. The number of nitrogens with one attached hydrogen (secondary N) is 2. The molecule has 2 rings (SSSR count). The molecule has 162 valence electrons. The Balaban J connectivity index is 2.50. The molecule has 1 atom stereocenters. The summed E-state index contributed by atoms with van der Waals surface area (Å²) in [6.45, 7) is 7.90. The summed E-state index contributed by atoms with van der Waals surface area (Å²) in [6, 6.07) is 10.1. The first-order valence-corrected chi connectivity index (χ1v) is 10.3. The third-order valence-corrected chi connectivity index (χ3v) is 4.57. The molecule has 7 nitrogen and oxygen atoms in total. The summed E-state index contributed by atoms with van der Waals surface area (Å²) in [4.78, 5) is 31.3. The van der Waals surface area contributed by atoms with Crippen molar-refractivity contribution in [2.45, 2.75) is 40.2 Å². The van der Waals surface area contributed by atoms with Crippen LogP contribution in [-0.2, 0) is 9.59 Å². The number of aromatic nitrogens is 1. The van der Waals surface area contributed by atoms with Gasteiger partial charge in [0, 0.05) is 11.4 Å². The van der Waals surface area contributed by atoms with Crippen LogP contribution in [0.2, 0.25) is 5.02 Å². The number of carbonyl (C=O) groups excluding carboxylic acids is 2. The molecule has 0 fully saturated rings. The molecule has 0 aliphatic heterocycles. The number of likely N-dealkylation sites (N-methyl/N-ethyl adjacent to an activating group) is 1. The number of hydrogen-bond donors (Lipinski definition) is 2. The Hall–Kier alpha value is -2.64. The SMILES string of the molecule is CCOc1nc(NC(=O)C(C)NC)ccc1N(C(=O)CC(C)C)c1cccc(Cl)c1. The highest BCUT2D eigenvalue weighted by molar-refractivity contribution is 6.31. The van der Waals surface area contributed by atoms with Crippen LogP contribution in [0, 0.1) is 5.92 Å². The lowest BCUT2D eigenvalue weighted by Gasteiger charge is -2.26. The zero-order chi connectivity index (χ0) is 22.3. The van der Waals surface area contributed by atoms with Crippen molar-refractivity contribution in [1.82, 2.24) is 10.3 Å². The molecule has 0 aliphatic carbocycles. The van der Waals surface area contributed by atoms with Crippen LogP contribution in [0.1, 0.15) is 34.1 Å². The van der Waals surface area contributed by atoms with E-state index in [9.17, 15) is 9.59 Å². The summed E-state index contributed by atoms with van der Waals surface area (Å²) in [5.41, 5.74) is 1.11. The van der Waals surface area contributed by atoms with Crippen LogP contribution in [0.3, 0.4) is 0 Å². The summed E-state index contributed by atoms with van der Waals surface area (Å²) in [6.07, 6.45) is 0.344.